The fourth-order valence-corrected chi connectivity index (χ4v) is 2.77. The molecule has 0 radical (unpaired) electrons. The number of imidazole rings is 1. The minimum atomic E-state index is 0.488. The Morgan fingerprint density at radius 1 is 1.04 bits per heavy atom. The first-order valence-corrected chi connectivity index (χ1v) is 7.94. The predicted octanol–water partition coefficient (Wildman–Crippen LogP) is 4.15. The number of aromatic nitrogens is 3. The van der Waals surface area contributed by atoms with E-state index in [1.807, 2.05) is 53.1 Å². The Hall–Kier alpha value is -3.34. The SMILES string of the molecule is C=CCOc1ccc2nc(-n3cnc4cc(OC)ccc43)ccc2c1. The van der Waals surface area contributed by atoms with Crippen LogP contribution in [0, 0.1) is 0 Å². The van der Waals surface area contributed by atoms with E-state index in [-0.39, 0.29) is 0 Å². The molecule has 0 saturated heterocycles. The summed E-state index contributed by atoms with van der Waals surface area (Å²) in [6, 6.07) is 15.7. The van der Waals surface area contributed by atoms with Gasteiger partial charge in [0.2, 0.25) is 0 Å². The number of hydrogen-bond acceptors (Lipinski definition) is 4. The third-order valence-corrected chi connectivity index (χ3v) is 4.02. The lowest BCUT2D eigenvalue weighted by Gasteiger charge is -2.08. The second kappa shape index (κ2) is 6.28. The van der Waals surface area contributed by atoms with Gasteiger partial charge in [0.15, 0.2) is 0 Å². The first-order chi connectivity index (χ1) is 12.3. The summed E-state index contributed by atoms with van der Waals surface area (Å²) in [6.45, 7) is 4.15. The lowest BCUT2D eigenvalue weighted by atomic mass is 10.2. The van der Waals surface area contributed by atoms with Crippen molar-refractivity contribution in [3.63, 3.8) is 0 Å². The topological polar surface area (TPSA) is 49.2 Å². The monoisotopic (exact) mass is 331 g/mol. The zero-order valence-electron chi connectivity index (χ0n) is 13.8. The fourth-order valence-electron chi connectivity index (χ4n) is 2.77. The minimum Gasteiger partial charge on any atom is -0.497 e. The van der Waals surface area contributed by atoms with Crippen molar-refractivity contribution >= 4 is 21.9 Å². The van der Waals surface area contributed by atoms with Crippen LogP contribution in [-0.4, -0.2) is 28.3 Å². The van der Waals surface area contributed by atoms with E-state index in [4.69, 9.17) is 14.5 Å². The van der Waals surface area contributed by atoms with Crippen molar-refractivity contribution in [1.82, 2.24) is 14.5 Å². The van der Waals surface area contributed by atoms with Crippen molar-refractivity contribution in [2.45, 2.75) is 0 Å². The normalized spacial score (nSPS) is 10.9. The van der Waals surface area contributed by atoms with Gasteiger partial charge in [0, 0.05) is 11.5 Å². The molecule has 2 heterocycles. The van der Waals surface area contributed by atoms with Gasteiger partial charge in [-0.25, -0.2) is 9.97 Å². The van der Waals surface area contributed by atoms with Crippen LogP contribution in [0.5, 0.6) is 11.5 Å². The molecule has 5 nitrogen and oxygen atoms in total. The van der Waals surface area contributed by atoms with Gasteiger partial charge < -0.3 is 9.47 Å². The van der Waals surface area contributed by atoms with Crippen LogP contribution in [0.2, 0.25) is 0 Å². The number of rotatable bonds is 5. The fraction of sp³-hybridized carbons (Fsp3) is 0.100. The molecule has 4 aromatic rings. The Labute approximate surface area is 145 Å². The van der Waals surface area contributed by atoms with Crippen LogP contribution in [0.15, 0.2) is 67.5 Å². The van der Waals surface area contributed by atoms with Gasteiger partial charge in [-0.15, -0.1) is 0 Å². The van der Waals surface area contributed by atoms with E-state index < -0.39 is 0 Å². The summed E-state index contributed by atoms with van der Waals surface area (Å²) in [4.78, 5) is 9.19. The lowest BCUT2D eigenvalue weighted by Crippen LogP contribution is -1.97. The second-order valence-corrected chi connectivity index (χ2v) is 5.59. The Kier molecular flexibility index (Phi) is 3.82. The average Bonchev–Trinajstić information content (AvgIpc) is 3.08. The van der Waals surface area contributed by atoms with E-state index in [9.17, 15) is 0 Å². The zero-order chi connectivity index (χ0) is 17.2. The van der Waals surface area contributed by atoms with Gasteiger partial charge in [-0.3, -0.25) is 4.57 Å². The van der Waals surface area contributed by atoms with E-state index in [0.29, 0.717) is 6.61 Å². The number of benzene rings is 2. The number of ether oxygens (including phenoxy) is 2. The summed E-state index contributed by atoms with van der Waals surface area (Å²) < 4.78 is 12.8. The highest BCUT2D eigenvalue weighted by molar-refractivity contribution is 5.83. The molecule has 0 amide bonds. The van der Waals surface area contributed by atoms with Crippen LogP contribution in [0.4, 0.5) is 0 Å². The molecule has 0 atom stereocenters. The molecular formula is C20H17N3O2. The molecule has 0 aliphatic heterocycles. The highest BCUT2D eigenvalue weighted by atomic mass is 16.5. The third-order valence-electron chi connectivity index (χ3n) is 4.02. The largest absolute Gasteiger partial charge is 0.497 e. The van der Waals surface area contributed by atoms with E-state index in [1.54, 1.807) is 19.5 Å². The summed E-state index contributed by atoms with van der Waals surface area (Å²) in [5.74, 6) is 2.42. The van der Waals surface area contributed by atoms with Crippen LogP contribution in [0.25, 0.3) is 27.8 Å². The van der Waals surface area contributed by atoms with Gasteiger partial charge in [-0.1, -0.05) is 12.7 Å². The molecule has 25 heavy (non-hydrogen) atoms. The Morgan fingerprint density at radius 3 is 2.76 bits per heavy atom. The van der Waals surface area contributed by atoms with E-state index in [2.05, 4.69) is 11.6 Å². The van der Waals surface area contributed by atoms with Crippen LogP contribution >= 0.6 is 0 Å². The van der Waals surface area contributed by atoms with Crippen molar-refractivity contribution in [3.8, 4) is 17.3 Å². The van der Waals surface area contributed by atoms with Gasteiger partial charge in [-0.2, -0.15) is 0 Å². The van der Waals surface area contributed by atoms with Gasteiger partial charge in [0.05, 0.1) is 23.7 Å². The number of pyridine rings is 1. The molecule has 4 rings (SSSR count). The molecule has 124 valence electrons. The maximum absolute atomic E-state index is 5.57. The minimum absolute atomic E-state index is 0.488. The molecular weight excluding hydrogens is 314 g/mol. The zero-order valence-corrected chi connectivity index (χ0v) is 13.8. The van der Waals surface area contributed by atoms with Gasteiger partial charge in [-0.05, 0) is 42.5 Å². The van der Waals surface area contributed by atoms with Crippen LogP contribution in [-0.2, 0) is 0 Å². The van der Waals surface area contributed by atoms with Gasteiger partial charge in [0.1, 0.15) is 30.3 Å². The molecule has 5 heteroatoms. The molecule has 2 aromatic carbocycles. The average molecular weight is 331 g/mol. The highest BCUT2D eigenvalue weighted by Crippen LogP contribution is 2.24. The van der Waals surface area contributed by atoms with Crippen LogP contribution in [0.1, 0.15) is 0 Å². The number of fused-ring (bicyclic) bond motifs is 2. The predicted molar refractivity (Wildman–Crippen MR) is 98.6 cm³/mol. The first-order valence-electron chi connectivity index (χ1n) is 7.94. The smallest absolute Gasteiger partial charge is 0.139 e. The molecule has 0 unspecified atom stereocenters. The van der Waals surface area contributed by atoms with E-state index >= 15 is 0 Å². The lowest BCUT2D eigenvalue weighted by molar-refractivity contribution is 0.364. The number of nitrogens with zero attached hydrogens (tertiary/aromatic N) is 3. The van der Waals surface area contributed by atoms with Crippen LogP contribution in [0.3, 0.4) is 0 Å². The molecule has 0 N–H and O–H groups in total. The number of hydrogen-bond donors (Lipinski definition) is 0. The third kappa shape index (κ3) is 2.80. The molecule has 0 bridgehead atoms. The summed E-state index contributed by atoms with van der Waals surface area (Å²) in [7, 11) is 1.65. The molecule has 0 spiro atoms. The highest BCUT2D eigenvalue weighted by Gasteiger charge is 2.08. The maximum Gasteiger partial charge on any atom is 0.139 e. The second-order valence-electron chi connectivity index (χ2n) is 5.59. The summed E-state index contributed by atoms with van der Waals surface area (Å²) in [5.41, 5.74) is 2.76. The van der Waals surface area contributed by atoms with E-state index in [1.165, 1.54) is 0 Å². The Balaban J connectivity index is 1.75. The molecule has 0 aliphatic carbocycles. The summed E-state index contributed by atoms with van der Waals surface area (Å²) in [6.07, 6.45) is 3.50. The summed E-state index contributed by atoms with van der Waals surface area (Å²) >= 11 is 0. The van der Waals surface area contributed by atoms with Gasteiger partial charge >= 0.3 is 0 Å². The van der Waals surface area contributed by atoms with Crippen molar-refractivity contribution < 1.29 is 9.47 Å². The van der Waals surface area contributed by atoms with Crippen molar-refractivity contribution in [2.75, 3.05) is 13.7 Å². The van der Waals surface area contributed by atoms with Crippen molar-refractivity contribution in [3.05, 3.63) is 67.5 Å². The van der Waals surface area contributed by atoms with Crippen molar-refractivity contribution in [1.29, 1.82) is 0 Å². The Morgan fingerprint density at radius 2 is 1.92 bits per heavy atom. The summed E-state index contributed by atoms with van der Waals surface area (Å²) in [5, 5.41) is 1.02. The number of methoxy groups -OCH3 is 1. The quantitative estimate of drug-likeness (QED) is 0.516. The van der Waals surface area contributed by atoms with E-state index in [0.717, 1.165) is 39.3 Å². The molecule has 0 saturated carbocycles. The Bertz CT molecular complexity index is 1070. The van der Waals surface area contributed by atoms with Crippen LogP contribution < -0.4 is 9.47 Å². The van der Waals surface area contributed by atoms with Gasteiger partial charge in [0.25, 0.3) is 0 Å². The molecule has 2 aromatic heterocycles. The maximum atomic E-state index is 5.57. The standard InChI is InChI=1S/C20H17N3O2/c1-3-10-25-16-5-7-17-14(11-16)4-9-20(22-17)23-13-21-18-12-15(24-2)6-8-19(18)23/h3-9,11-13H,1,10H2,2H3. The first kappa shape index (κ1) is 15.2. The molecule has 0 aliphatic rings. The van der Waals surface area contributed by atoms with Crippen molar-refractivity contribution in [2.24, 2.45) is 0 Å². The molecule has 0 fully saturated rings.